The lowest BCUT2D eigenvalue weighted by Gasteiger charge is -2.23. The first-order chi connectivity index (χ1) is 20.9. The van der Waals surface area contributed by atoms with Gasteiger partial charge in [-0.3, -0.25) is 9.59 Å². The van der Waals surface area contributed by atoms with E-state index in [4.69, 9.17) is 4.74 Å². The molecular formula is C37H71NO5. The fraction of sp³-hybridized carbons (Fsp3) is 0.919. The molecule has 1 unspecified atom stereocenters. The molecule has 0 bridgehead atoms. The number of hydrogen-bond acceptors (Lipinski definition) is 4. The van der Waals surface area contributed by atoms with Crippen molar-refractivity contribution in [1.82, 2.24) is 5.32 Å². The standard InChI is InChI=1S/C37H71NO5/c1-4-7-10-13-15-16-17-18-19-20-22-24-27-30-35(39)38-34(31-32-36(40)41)37(42)43-33(28-25-12-9-6-3)29-26-23-21-14-11-8-5-2/h33-34H,4-32H2,1-3H3,(H,38,39)(H,40,41)/t33?,34-/m0/s1. The molecule has 0 rings (SSSR count). The Morgan fingerprint density at radius 1 is 0.512 bits per heavy atom. The maximum absolute atomic E-state index is 13.2. The second-order valence-corrected chi connectivity index (χ2v) is 12.9. The molecule has 0 aliphatic rings. The van der Waals surface area contributed by atoms with Crippen LogP contribution in [0.1, 0.15) is 207 Å². The quantitative estimate of drug-likeness (QED) is 0.0570. The highest BCUT2D eigenvalue weighted by molar-refractivity contribution is 5.85. The van der Waals surface area contributed by atoms with Gasteiger partial charge >= 0.3 is 11.9 Å². The second-order valence-electron chi connectivity index (χ2n) is 12.9. The summed E-state index contributed by atoms with van der Waals surface area (Å²) < 4.78 is 5.95. The SMILES string of the molecule is CCCCCCCCCCCCCCCC(=O)N[C@@H](CCC(=O)O)C(=O)OC(CCCCCC)CCCCCCCCC. The van der Waals surface area contributed by atoms with Gasteiger partial charge in [0.15, 0.2) is 0 Å². The monoisotopic (exact) mass is 610 g/mol. The Morgan fingerprint density at radius 3 is 1.30 bits per heavy atom. The zero-order valence-corrected chi connectivity index (χ0v) is 28.7. The van der Waals surface area contributed by atoms with Crippen molar-refractivity contribution in [2.24, 2.45) is 0 Å². The summed E-state index contributed by atoms with van der Waals surface area (Å²) in [4.78, 5) is 37.1. The lowest BCUT2D eigenvalue weighted by Crippen LogP contribution is -2.43. The largest absolute Gasteiger partial charge is 0.481 e. The lowest BCUT2D eigenvalue weighted by molar-refractivity contribution is -0.154. The van der Waals surface area contributed by atoms with Crippen LogP contribution in [0.25, 0.3) is 0 Å². The second kappa shape index (κ2) is 31.8. The number of carboxylic acids is 1. The molecule has 0 saturated carbocycles. The van der Waals surface area contributed by atoms with E-state index in [1.165, 1.54) is 103 Å². The summed E-state index contributed by atoms with van der Waals surface area (Å²) >= 11 is 0. The lowest BCUT2D eigenvalue weighted by atomic mass is 10.0. The Kier molecular flexibility index (Phi) is 30.6. The topological polar surface area (TPSA) is 92.7 Å². The van der Waals surface area contributed by atoms with Crippen LogP contribution in [0.2, 0.25) is 0 Å². The van der Waals surface area contributed by atoms with E-state index in [0.29, 0.717) is 6.42 Å². The maximum Gasteiger partial charge on any atom is 0.328 e. The Labute approximate surface area is 266 Å². The van der Waals surface area contributed by atoms with Crippen molar-refractivity contribution < 1.29 is 24.2 Å². The van der Waals surface area contributed by atoms with Gasteiger partial charge in [0, 0.05) is 12.8 Å². The third-order valence-corrected chi connectivity index (χ3v) is 8.57. The molecule has 0 radical (unpaired) electrons. The van der Waals surface area contributed by atoms with Gasteiger partial charge in [-0.05, 0) is 38.5 Å². The summed E-state index contributed by atoms with van der Waals surface area (Å²) in [7, 11) is 0. The van der Waals surface area contributed by atoms with Crippen molar-refractivity contribution in [2.75, 3.05) is 0 Å². The van der Waals surface area contributed by atoms with Crippen molar-refractivity contribution in [1.29, 1.82) is 0 Å². The molecule has 0 spiro atoms. The van der Waals surface area contributed by atoms with Crippen LogP contribution in [0.15, 0.2) is 0 Å². The first kappa shape index (κ1) is 41.4. The van der Waals surface area contributed by atoms with Crippen molar-refractivity contribution >= 4 is 17.8 Å². The van der Waals surface area contributed by atoms with E-state index in [-0.39, 0.29) is 24.9 Å². The third-order valence-electron chi connectivity index (χ3n) is 8.57. The molecule has 0 saturated heterocycles. The molecule has 2 N–H and O–H groups in total. The van der Waals surface area contributed by atoms with Crippen LogP contribution in [0.3, 0.4) is 0 Å². The number of hydrogen-bond donors (Lipinski definition) is 2. The highest BCUT2D eigenvalue weighted by Gasteiger charge is 2.26. The van der Waals surface area contributed by atoms with E-state index in [1.807, 2.05) is 0 Å². The maximum atomic E-state index is 13.2. The number of carbonyl (C=O) groups excluding carboxylic acids is 2. The number of carbonyl (C=O) groups is 3. The van der Waals surface area contributed by atoms with Gasteiger partial charge in [-0.2, -0.15) is 0 Å². The van der Waals surface area contributed by atoms with E-state index in [1.54, 1.807) is 0 Å². The van der Waals surface area contributed by atoms with Gasteiger partial charge < -0.3 is 15.2 Å². The molecule has 6 heteroatoms. The van der Waals surface area contributed by atoms with Crippen LogP contribution in [0.5, 0.6) is 0 Å². The molecule has 254 valence electrons. The third kappa shape index (κ3) is 28.9. The minimum Gasteiger partial charge on any atom is -0.481 e. The molecule has 0 aliphatic carbocycles. The van der Waals surface area contributed by atoms with E-state index in [9.17, 15) is 19.5 Å². The number of amides is 1. The van der Waals surface area contributed by atoms with E-state index >= 15 is 0 Å². The fourth-order valence-corrected chi connectivity index (χ4v) is 5.72. The van der Waals surface area contributed by atoms with Crippen LogP contribution < -0.4 is 5.32 Å². The van der Waals surface area contributed by atoms with Gasteiger partial charge in [-0.1, -0.05) is 156 Å². The molecule has 2 atom stereocenters. The smallest absolute Gasteiger partial charge is 0.328 e. The zero-order valence-electron chi connectivity index (χ0n) is 28.7. The Morgan fingerprint density at radius 2 is 0.884 bits per heavy atom. The molecule has 0 aromatic heterocycles. The summed E-state index contributed by atoms with van der Waals surface area (Å²) in [5, 5.41) is 12.0. The van der Waals surface area contributed by atoms with Crippen molar-refractivity contribution in [3.05, 3.63) is 0 Å². The average molecular weight is 610 g/mol. The summed E-state index contributed by atoms with van der Waals surface area (Å²) in [5.74, 6) is -1.62. The van der Waals surface area contributed by atoms with Crippen LogP contribution in [-0.2, 0) is 19.1 Å². The molecule has 0 aromatic carbocycles. The first-order valence-electron chi connectivity index (χ1n) is 18.7. The van der Waals surface area contributed by atoms with Crippen LogP contribution in [0, 0.1) is 0 Å². The van der Waals surface area contributed by atoms with Gasteiger partial charge in [-0.25, -0.2) is 4.79 Å². The number of carboxylic acid groups (broad SMARTS) is 1. The summed E-state index contributed by atoms with van der Waals surface area (Å²) in [5.41, 5.74) is 0. The predicted octanol–water partition coefficient (Wildman–Crippen LogP) is 10.8. The van der Waals surface area contributed by atoms with E-state index in [0.717, 1.165) is 64.2 Å². The van der Waals surface area contributed by atoms with Gasteiger partial charge in [-0.15, -0.1) is 0 Å². The minimum absolute atomic E-state index is 0.0680. The minimum atomic E-state index is -0.970. The van der Waals surface area contributed by atoms with Crippen LogP contribution >= 0.6 is 0 Å². The average Bonchev–Trinajstić information content (AvgIpc) is 2.98. The number of esters is 1. The molecule has 0 heterocycles. The predicted molar refractivity (Wildman–Crippen MR) is 180 cm³/mol. The Bertz CT molecular complexity index is 653. The van der Waals surface area contributed by atoms with Gasteiger partial charge in [0.1, 0.15) is 12.1 Å². The molecule has 6 nitrogen and oxygen atoms in total. The van der Waals surface area contributed by atoms with Gasteiger partial charge in [0.2, 0.25) is 5.91 Å². The van der Waals surface area contributed by atoms with E-state index < -0.39 is 18.0 Å². The first-order valence-corrected chi connectivity index (χ1v) is 18.7. The highest BCUT2D eigenvalue weighted by Crippen LogP contribution is 2.18. The van der Waals surface area contributed by atoms with Crippen molar-refractivity contribution in [2.45, 2.75) is 219 Å². The molecular weight excluding hydrogens is 538 g/mol. The molecule has 1 amide bonds. The summed E-state index contributed by atoms with van der Waals surface area (Å²) in [6, 6.07) is -0.891. The number of aliphatic carboxylic acids is 1. The van der Waals surface area contributed by atoms with Crippen molar-refractivity contribution in [3.8, 4) is 0 Å². The summed E-state index contributed by atoms with van der Waals surface area (Å²) in [6.07, 6.45) is 30.9. The normalized spacial score (nSPS) is 12.6. The summed E-state index contributed by atoms with van der Waals surface area (Å²) in [6.45, 7) is 6.67. The highest BCUT2D eigenvalue weighted by atomic mass is 16.5. The number of rotatable bonds is 33. The van der Waals surface area contributed by atoms with Crippen LogP contribution in [-0.4, -0.2) is 35.1 Å². The number of ether oxygens (including phenoxy) is 1. The molecule has 0 fully saturated rings. The molecule has 0 aromatic rings. The zero-order chi connectivity index (χ0) is 31.8. The number of unbranched alkanes of at least 4 members (excludes halogenated alkanes) is 21. The Hall–Kier alpha value is -1.59. The van der Waals surface area contributed by atoms with Crippen LogP contribution in [0.4, 0.5) is 0 Å². The number of nitrogens with one attached hydrogen (secondary N) is 1. The molecule has 43 heavy (non-hydrogen) atoms. The Balaban J connectivity index is 4.49. The van der Waals surface area contributed by atoms with Crippen molar-refractivity contribution in [3.63, 3.8) is 0 Å². The van der Waals surface area contributed by atoms with Gasteiger partial charge in [0.05, 0.1) is 0 Å². The van der Waals surface area contributed by atoms with Gasteiger partial charge in [0.25, 0.3) is 0 Å². The molecule has 0 aliphatic heterocycles. The van der Waals surface area contributed by atoms with E-state index in [2.05, 4.69) is 26.1 Å². The fourth-order valence-electron chi connectivity index (χ4n) is 5.72.